The van der Waals surface area contributed by atoms with Gasteiger partial charge in [-0.25, -0.2) is 0 Å². The number of ether oxygens (including phenoxy) is 2. The lowest BCUT2D eigenvalue weighted by Gasteiger charge is -2.23. The zero-order chi connectivity index (χ0) is 33.2. The summed E-state index contributed by atoms with van der Waals surface area (Å²) < 4.78 is 10.5. The number of carbonyl (C=O) groups is 6. The van der Waals surface area contributed by atoms with Crippen LogP contribution in [-0.2, 0) is 35.3 Å². The molecule has 1 unspecified atom stereocenters. The monoisotopic (exact) mass is 626 g/mol. The molecule has 10 nitrogen and oxygen atoms in total. The Labute approximate surface area is 267 Å². The topological polar surface area (TPSA) is 145 Å². The molecule has 0 fully saturated rings. The first kappa shape index (κ1) is 33.9. The van der Waals surface area contributed by atoms with Crippen LogP contribution in [0.15, 0.2) is 72.8 Å². The summed E-state index contributed by atoms with van der Waals surface area (Å²) in [6.45, 7) is 4.80. The summed E-state index contributed by atoms with van der Waals surface area (Å²) >= 11 is 0. The first-order chi connectivity index (χ1) is 22.1. The van der Waals surface area contributed by atoms with Gasteiger partial charge in [-0.05, 0) is 36.0 Å². The molecule has 2 N–H and O–H groups in total. The van der Waals surface area contributed by atoms with Crippen molar-refractivity contribution in [1.29, 1.82) is 0 Å². The van der Waals surface area contributed by atoms with Crippen LogP contribution in [0.1, 0.15) is 65.5 Å². The molecule has 2 amide bonds. The average molecular weight is 627 g/mol. The fraction of sp³-hybridized carbons (Fsp3) is 0.333. The Morgan fingerprint density at radius 3 is 2.20 bits per heavy atom. The van der Waals surface area contributed by atoms with E-state index in [1.54, 1.807) is 37.3 Å². The molecule has 1 aliphatic carbocycles. The van der Waals surface area contributed by atoms with Gasteiger partial charge in [0, 0.05) is 29.0 Å². The Balaban J connectivity index is 1.51. The quantitative estimate of drug-likeness (QED) is 0.108. The molecule has 0 heterocycles. The Morgan fingerprint density at radius 1 is 0.826 bits per heavy atom. The third-order valence-corrected chi connectivity index (χ3v) is 7.56. The van der Waals surface area contributed by atoms with E-state index in [1.807, 2.05) is 56.3 Å². The van der Waals surface area contributed by atoms with E-state index in [1.165, 1.54) is 0 Å². The standard InChI is InChI=1S/C36H38N2O8/c1-4-46-31(40)19-37-36(44)34(42)29(21-45-20-23-11-6-5-7-12-23)38-35(43)24(17-22(2)3)18-30(39)28-16-10-15-26-25-13-8-9-14-27(25)33(41)32(26)28/h5-16,22,24,29H,4,17-21H2,1-3H3,(H,37,44)(H,38,43)/t24?,29-/m0/s1. The van der Waals surface area contributed by atoms with Crippen LogP contribution in [0.5, 0.6) is 0 Å². The number of rotatable bonds is 16. The van der Waals surface area contributed by atoms with Gasteiger partial charge in [-0.2, -0.15) is 0 Å². The van der Waals surface area contributed by atoms with Crippen LogP contribution >= 0.6 is 0 Å². The summed E-state index contributed by atoms with van der Waals surface area (Å²) in [6, 6.07) is 20.0. The van der Waals surface area contributed by atoms with E-state index in [0.717, 1.165) is 11.1 Å². The largest absolute Gasteiger partial charge is 0.465 e. The van der Waals surface area contributed by atoms with Gasteiger partial charge in [0.05, 0.1) is 19.8 Å². The van der Waals surface area contributed by atoms with E-state index >= 15 is 0 Å². The molecule has 0 radical (unpaired) electrons. The molecule has 1 aliphatic rings. The molecule has 0 saturated heterocycles. The predicted molar refractivity (Wildman–Crippen MR) is 170 cm³/mol. The number of amides is 2. The van der Waals surface area contributed by atoms with Gasteiger partial charge >= 0.3 is 5.97 Å². The molecule has 240 valence electrons. The Hall–Kier alpha value is -4.96. The number of esters is 1. The van der Waals surface area contributed by atoms with Crippen LogP contribution in [0.25, 0.3) is 11.1 Å². The number of ketones is 3. The molecule has 0 bridgehead atoms. The van der Waals surface area contributed by atoms with Crippen molar-refractivity contribution in [3.05, 3.63) is 95.1 Å². The van der Waals surface area contributed by atoms with Gasteiger partial charge in [0.1, 0.15) is 12.6 Å². The number of benzene rings is 3. The van der Waals surface area contributed by atoms with E-state index in [2.05, 4.69) is 10.6 Å². The highest BCUT2D eigenvalue weighted by atomic mass is 16.5. The highest BCUT2D eigenvalue weighted by molar-refractivity contribution is 6.38. The van der Waals surface area contributed by atoms with Crippen LogP contribution < -0.4 is 10.6 Å². The van der Waals surface area contributed by atoms with E-state index in [4.69, 9.17) is 9.47 Å². The Kier molecular flexibility index (Phi) is 11.7. The zero-order valence-electron chi connectivity index (χ0n) is 26.2. The van der Waals surface area contributed by atoms with Crippen molar-refractivity contribution in [3.63, 3.8) is 0 Å². The van der Waals surface area contributed by atoms with Gasteiger partial charge in [-0.15, -0.1) is 0 Å². The fourth-order valence-electron chi connectivity index (χ4n) is 5.44. The second-order valence-electron chi connectivity index (χ2n) is 11.5. The summed E-state index contributed by atoms with van der Waals surface area (Å²) in [6.07, 6.45) is 0.0898. The molecule has 3 aromatic carbocycles. The lowest BCUT2D eigenvalue weighted by Crippen LogP contribution is -2.52. The molecule has 4 rings (SSSR count). The average Bonchev–Trinajstić information content (AvgIpc) is 3.34. The molecule has 46 heavy (non-hydrogen) atoms. The molecular formula is C36H38N2O8. The number of nitrogens with one attached hydrogen (secondary N) is 2. The van der Waals surface area contributed by atoms with Gasteiger partial charge in [0.15, 0.2) is 11.6 Å². The van der Waals surface area contributed by atoms with Crippen molar-refractivity contribution < 1.29 is 38.2 Å². The minimum absolute atomic E-state index is 0.00674. The minimum Gasteiger partial charge on any atom is -0.465 e. The van der Waals surface area contributed by atoms with Crippen molar-refractivity contribution in [1.82, 2.24) is 10.6 Å². The number of fused-ring (bicyclic) bond motifs is 3. The third kappa shape index (κ3) is 8.39. The summed E-state index contributed by atoms with van der Waals surface area (Å²) in [4.78, 5) is 78.3. The van der Waals surface area contributed by atoms with Crippen molar-refractivity contribution >= 4 is 35.1 Å². The van der Waals surface area contributed by atoms with Gasteiger partial charge in [-0.1, -0.05) is 86.6 Å². The van der Waals surface area contributed by atoms with Crippen LogP contribution in [-0.4, -0.2) is 60.9 Å². The Bertz CT molecular complexity index is 1620. The van der Waals surface area contributed by atoms with E-state index in [9.17, 15) is 28.8 Å². The fourth-order valence-corrected chi connectivity index (χ4v) is 5.44. The maximum Gasteiger partial charge on any atom is 0.325 e. The van der Waals surface area contributed by atoms with Crippen molar-refractivity contribution in [3.8, 4) is 11.1 Å². The first-order valence-corrected chi connectivity index (χ1v) is 15.3. The van der Waals surface area contributed by atoms with Gasteiger partial charge in [0.25, 0.3) is 5.91 Å². The van der Waals surface area contributed by atoms with Crippen molar-refractivity contribution in [2.45, 2.75) is 46.3 Å². The SMILES string of the molecule is CCOC(=O)CNC(=O)C(=O)[C@H](COCc1ccccc1)NC(=O)C(CC(=O)c1cccc2c1C(=O)c1ccccc1-2)CC(C)C. The van der Waals surface area contributed by atoms with E-state index in [-0.39, 0.29) is 49.3 Å². The first-order valence-electron chi connectivity index (χ1n) is 15.3. The predicted octanol–water partition coefficient (Wildman–Crippen LogP) is 4.08. The second-order valence-corrected chi connectivity index (χ2v) is 11.5. The maximum absolute atomic E-state index is 13.7. The second kappa shape index (κ2) is 15.9. The number of hydrogen-bond acceptors (Lipinski definition) is 8. The van der Waals surface area contributed by atoms with Gasteiger partial charge in [-0.3, -0.25) is 28.8 Å². The minimum atomic E-state index is -1.39. The van der Waals surface area contributed by atoms with Crippen molar-refractivity contribution in [2.75, 3.05) is 19.8 Å². The summed E-state index contributed by atoms with van der Waals surface area (Å²) in [5.74, 6) is -4.90. The van der Waals surface area contributed by atoms with Crippen molar-refractivity contribution in [2.24, 2.45) is 11.8 Å². The molecule has 0 aliphatic heterocycles. The molecule has 2 atom stereocenters. The van der Waals surface area contributed by atoms with Crippen LogP contribution in [0.4, 0.5) is 0 Å². The highest BCUT2D eigenvalue weighted by Crippen LogP contribution is 2.38. The molecule has 3 aromatic rings. The smallest absolute Gasteiger partial charge is 0.325 e. The summed E-state index contributed by atoms with van der Waals surface area (Å²) in [5, 5.41) is 4.85. The molecule has 0 aromatic heterocycles. The summed E-state index contributed by atoms with van der Waals surface area (Å²) in [7, 11) is 0. The summed E-state index contributed by atoms with van der Waals surface area (Å²) in [5.41, 5.74) is 3.32. The zero-order valence-corrected chi connectivity index (χ0v) is 26.2. The third-order valence-electron chi connectivity index (χ3n) is 7.56. The van der Waals surface area contributed by atoms with Gasteiger partial charge < -0.3 is 20.1 Å². The number of hydrogen-bond donors (Lipinski definition) is 2. The van der Waals surface area contributed by atoms with Crippen LogP contribution in [0.2, 0.25) is 0 Å². The normalized spacial score (nSPS) is 12.9. The van der Waals surface area contributed by atoms with Crippen LogP contribution in [0.3, 0.4) is 0 Å². The molecule has 0 saturated carbocycles. The Morgan fingerprint density at radius 2 is 1.50 bits per heavy atom. The van der Waals surface area contributed by atoms with E-state index in [0.29, 0.717) is 23.1 Å². The lowest BCUT2D eigenvalue weighted by molar-refractivity contribution is -0.146. The molecular weight excluding hydrogens is 588 g/mol. The maximum atomic E-state index is 13.7. The number of Topliss-reactive ketones (excluding diaryl/α,β-unsaturated/α-hetero) is 2. The van der Waals surface area contributed by atoms with Crippen LogP contribution in [0, 0.1) is 11.8 Å². The number of carbonyl (C=O) groups excluding carboxylic acids is 6. The molecule has 0 spiro atoms. The van der Waals surface area contributed by atoms with E-state index < -0.39 is 42.1 Å². The molecule has 10 heteroatoms. The van der Waals surface area contributed by atoms with Gasteiger partial charge in [0.2, 0.25) is 11.7 Å². The lowest BCUT2D eigenvalue weighted by atomic mass is 9.87. The highest BCUT2D eigenvalue weighted by Gasteiger charge is 2.34.